The van der Waals surface area contributed by atoms with Gasteiger partial charge in [0, 0.05) is 0 Å². The quantitative estimate of drug-likeness (QED) is 0.741. The van der Waals surface area contributed by atoms with Crippen LogP contribution < -0.4 is 5.32 Å². The Kier molecular flexibility index (Phi) is 7.23. The Morgan fingerprint density at radius 3 is 2.29 bits per heavy atom. The van der Waals surface area contributed by atoms with Crippen LogP contribution in [-0.2, 0) is 25.7 Å². The molecule has 7 heteroatoms. The highest BCUT2D eigenvalue weighted by molar-refractivity contribution is 5.76. The summed E-state index contributed by atoms with van der Waals surface area (Å²) in [5.74, 6) is -1.73. The van der Waals surface area contributed by atoms with Crippen LogP contribution in [0.2, 0.25) is 0 Å². The summed E-state index contributed by atoms with van der Waals surface area (Å²) in [4.78, 5) is 34.5. The highest BCUT2D eigenvalue weighted by Crippen LogP contribution is 2.09. The fourth-order valence-corrected chi connectivity index (χ4v) is 1.86. The van der Waals surface area contributed by atoms with Crippen LogP contribution in [0.25, 0.3) is 0 Å². The molecule has 0 aliphatic rings. The minimum atomic E-state index is -1.13. The van der Waals surface area contributed by atoms with Gasteiger partial charge in [-0.1, -0.05) is 30.3 Å². The van der Waals surface area contributed by atoms with E-state index in [0.29, 0.717) is 0 Å². The van der Waals surface area contributed by atoms with Crippen LogP contribution in [0.3, 0.4) is 0 Å². The summed E-state index contributed by atoms with van der Waals surface area (Å²) in [6.07, 6.45) is -1.43. The molecule has 24 heavy (non-hydrogen) atoms. The lowest BCUT2D eigenvalue weighted by Gasteiger charge is -2.22. The van der Waals surface area contributed by atoms with Gasteiger partial charge in [-0.25, -0.2) is 4.79 Å². The Morgan fingerprint density at radius 2 is 1.75 bits per heavy atom. The second kappa shape index (κ2) is 8.90. The van der Waals surface area contributed by atoms with Crippen molar-refractivity contribution in [2.45, 2.75) is 51.9 Å². The monoisotopic (exact) mass is 337 g/mol. The molecule has 7 nitrogen and oxygen atoms in total. The molecule has 0 spiro atoms. The molecule has 0 heterocycles. The molecule has 1 atom stereocenters. The normalized spacial score (nSPS) is 12.1. The smallest absolute Gasteiger partial charge is 0.407 e. The summed E-state index contributed by atoms with van der Waals surface area (Å²) in [7, 11) is 0. The molecule has 0 aromatic heterocycles. The summed E-state index contributed by atoms with van der Waals surface area (Å²) in [6.45, 7) is 5.15. The molecule has 0 saturated carbocycles. The van der Waals surface area contributed by atoms with E-state index in [9.17, 15) is 14.4 Å². The second-order valence-electron chi connectivity index (χ2n) is 6.29. The summed E-state index contributed by atoms with van der Waals surface area (Å²) in [6, 6.07) is 8.20. The number of carbonyl (C=O) groups is 3. The maximum Gasteiger partial charge on any atom is 0.407 e. The fourth-order valence-electron chi connectivity index (χ4n) is 1.86. The standard InChI is InChI=1S/C17H23NO6/c1-17(2,3)24-16(22)18-13(9-14(19)20)10-15(21)23-11-12-7-5-4-6-8-12/h4-8,13H,9-11H2,1-3H3,(H,18,22)(H,19,20)/t13-/m1/s1. The second-order valence-corrected chi connectivity index (χ2v) is 6.29. The number of rotatable bonds is 7. The number of esters is 1. The Hall–Kier alpha value is -2.57. The average Bonchev–Trinajstić information content (AvgIpc) is 2.43. The number of carboxylic acids is 1. The van der Waals surface area contributed by atoms with Crippen LogP contribution in [0.1, 0.15) is 39.2 Å². The number of benzene rings is 1. The third kappa shape index (κ3) is 8.77. The summed E-state index contributed by atoms with van der Waals surface area (Å²) >= 11 is 0. The van der Waals surface area contributed by atoms with Crippen molar-refractivity contribution in [1.82, 2.24) is 5.32 Å². The van der Waals surface area contributed by atoms with E-state index in [1.807, 2.05) is 18.2 Å². The van der Waals surface area contributed by atoms with Crippen molar-refractivity contribution in [3.8, 4) is 0 Å². The Labute approximate surface area is 141 Å². The lowest BCUT2D eigenvalue weighted by Crippen LogP contribution is -2.41. The number of amides is 1. The van der Waals surface area contributed by atoms with Gasteiger partial charge < -0.3 is 19.9 Å². The number of hydrogen-bond acceptors (Lipinski definition) is 5. The molecule has 0 fully saturated rings. The Bertz CT molecular complexity index is 564. The zero-order chi connectivity index (χ0) is 18.2. The maximum absolute atomic E-state index is 11.9. The zero-order valence-corrected chi connectivity index (χ0v) is 14.1. The molecular weight excluding hydrogens is 314 g/mol. The van der Waals surface area contributed by atoms with Crippen molar-refractivity contribution >= 4 is 18.0 Å². The van der Waals surface area contributed by atoms with Gasteiger partial charge in [0.25, 0.3) is 0 Å². The van der Waals surface area contributed by atoms with E-state index in [0.717, 1.165) is 5.56 Å². The summed E-state index contributed by atoms with van der Waals surface area (Å²) in [5.41, 5.74) is 0.104. The molecule has 1 aromatic carbocycles. The van der Waals surface area contributed by atoms with Gasteiger partial charge in [0.2, 0.25) is 0 Å². The number of ether oxygens (including phenoxy) is 2. The van der Waals surface area contributed by atoms with Crippen molar-refractivity contribution in [1.29, 1.82) is 0 Å². The molecule has 0 bridgehead atoms. The third-order valence-electron chi connectivity index (χ3n) is 2.80. The topological polar surface area (TPSA) is 102 Å². The van der Waals surface area contributed by atoms with Gasteiger partial charge >= 0.3 is 18.0 Å². The molecule has 0 aliphatic heterocycles. The Morgan fingerprint density at radius 1 is 1.12 bits per heavy atom. The van der Waals surface area contributed by atoms with Crippen molar-refractivity contribution < 1.29 is 29.0 Å². The molecule has 1 amide bonds. The van der Waals surface area contributed by atoms with Crippen LogP contribution >= 0.6 is 0 Å². The van der Waals surface area contributed by atoms with Gasteiger partial charge in [-0.15, -0.1) is 0 Å². The first-order chi connectivity index (χ1) is 11.2. The lowest BCUT2D eigenvalue weighted by molar-refractivity contribution is -0.146. The van der Waals surface area contributed by atoms with Gasteiger partial charge in [0.15, 0.2) is 0 Å². The lowest BCUT2D eigenvalue weighted by atomic mass is 10.1. The minimum absolute atomic E-state index is 0.0892. The largest absolute Gasteiger partial charge is 0.481 e. The number of carboxylic acid groups (broad SMARTS) is 1. The van der Waals surface area contributed by atoms with Crippen LogP contribution in [0.15, 0.2) is 30.3 Å². The van der Waals surface area contributed by atoms with Gasteiger partial charge in [0.05, 0.1) is 18.9 Å². The van der Waals surface area contributed by atoms with E-state index in [1.165, 1.54) is 0 Å². The first-order valence-electron chi connectivity index (χ1n) is 7.56. The molecule has 0 unspecified atom stereocenters. The number of alkyl carbamates (subject to hydrolysis) is 1. The predicted octanol–water partition coefficient (Wildman–Crippen LogP) is 2.49. The van der Waals surface area contributed by atoms with E-state index < -0.39 is 36.1 Å². The first-order valence-corrected chi connectivity index (χ1v) is 7.56. The highest BCUT2D eigenvalue weighted by atomic mass is 16.6. The summed E-state index contributed by atoms with van der Waals surface area (Å²) in [5, 5.41) is 11.3. The van der Waals surface area contributed by atoms with E-state index in [2.05, 4.69) is 5.32 Å². The predicted molar refractivity (Wildman–Crippen MR) is 86.3 cm³/mol. The van der Waals surface area contributed by atoms with E-state index >= 15 is 0 Å². The molecule has 132 valence electrons. The maximum atomic E-state index is 11.9. The third-order valence-corrected chi connectivity index (χ3v) is 2.80. The number of nitrogens with one attached hydrogen (secondary N) is 1. The molecule has 1 rings (SSSR count). The van der Waals surface area contributed by atoms with Gasteiger partial charge in [-0.2, -0.15) is 0 Å². The zero-order valence-electron chi connectivity index (χ0n) is 14.1. The average molecular weight is 337 g/mol. The van der Waals surface area contributed by atoms with E-state index in [1.54, 1.807) is 32.9 Å². The van der Waals surface area contributed by atoms with Crippen molar-refractivity contribution in [2.75, 3.05) is 0 Å². The molecule has 0 radical (unpaired) electrons. The Balaban J connectivity index is 2.53. The van der Waals surface area contributed by atoms with Crippen molar-refractivity contribution in [3.05, 3.63) is 35.9 Å². The van der Waals surface area contributed by atoms with E-state index in [-0.39, 0.29) is 13.0 Å². The van der Waals surface area contributed by atoms with Crippen LogP contribution in [0.5, 0.6) is 0 Å². The number of aliphatic carboxylic acids is 1. The SMILES string of the molecule is CC(C)(C)OC(=O)N[C@H](CC(=O)O)CC(=O)OCc1ccccc1. The minimum Gasteiger partial charge on any atom is -0.481 e. The van der Waals surface area contributed by atoms with Crippen molar-refractivity contribution in [3.63, 3.8) is 0 Å². The van der Waals surface area contributed by atoms with Gasteiger partial charge in [-0.05, 0) is 26.3 Å². The first kappa shape index (κ1) is 19.5. The highest BCUT2D eigenvalue weighted by Gasteiger charge is 2.23. The van der Waals surface area contributed by atoms with Crippen molar-refractivity contribution in [2.24, 2.45) is 0 Å². The van der Waals surface area contributed by atoms with Crippen LogP contribution in [0, 0.1) is 0 Å². The van der Waals surface area contributed by atoms with Gasteiger partial charge in [-0.3, -0.25) is 9.59 Å². The molecule has 0 saturated heterocycles. The molecule has 1 aromatic rings. The fraction of sp³-hybridized carbons (Fsp3) is 0.471. The molecule has 2 N–H and O–H groups in total. The summed E-state index contributed by atoms with van der Waals surface area (Å²) < 4.78 is 10.2. The van der Waals surface area contributed by atoms with E-state index in [4.69, 9.17) is 14.6 Å². The van der Waals surface area contributed by atoms with Crippen LogP contribution in [-0.4, -0.2) is 34.8 Å². The van der Waals surface area contributed by atoms with Gasteiger partial charge in [0.1, 0.15) is 12.2 Å². The number of carbonyl (C=O) groups excluding carboxylic acids is 2. The molecule has 0 aliphatic carbocycles. The van der Waals surface area contributed by atoms with Crippen LogP contribution in [0.4, 0.5) is 4.79 Å². The number of hydrogen-bond donors (Lipinski definition) is 2. The molecular formula is C17H23NO6.